The third kappa shape index (κ3) is 5.54. The van der Waals surface area contributed by atoms with Gasteiger partial charge in [-0.3, -0.25) is 0 Å². The molecular weight excluding hydrogens is 294 g/mol. The minimum Gasteiger partial charge on any atom is -0.389 e. The standard InChI is InChI=1S/C13H21N3O2S2/c1-16(2)10-4-3-9-15-20(17,18)12-7-5-11(6-8-12)13(14)19/h5-8,15H,3-4,9-10H2,1-2H3,(H2,14,19). The van der Waals surface area contributed by atoms with Crippen LogP contribution in [0.5, 0.6) is 0 Å². The molecule has 0 aliphatic carbocycles. The van der Waals surface area contributed by atoms with Gasteiger partial charge in [0.25, 0.3) is 0 Å². The number of benzene rings is 1. The molecule has 0 aliphatic rings. The highest BCUT2D eigenvalue weighted by Crippen LogP contribution is 2.10. The molecule has 5 nitrogen and oxygen atoms in total. The van der Waals surface area contributed by atoms with Gasteiger partial charge in [-0.15, -0.1) is 0 Å². The van der Waals surface area contributed by atoms with Crippen molar-refractivity contribution in [2.75, 3.05) is 27.2 Å². The van der Waals surface area contributed by atoms with E-state index in [0.29, 0.717) is 12.1 Å². The molecule has 1 aromatic carbocycles. The third-order valence-corrected chi connectivity index (χ3v) is 4.49. The van der Waals surface area contributed by atoms with E-state index >= 15 is 0 Å². The average molecular weight is 315 g/mol. The predicted octanol–water partition coefficient (Wildman–Crippen LogP) is 0.941. The van der Waals surface area contributed by atoms with E-state index in [1.54, 1.807) is 12.1 Å². The number of hydrogen-bond acceptors (Lipinski definition) is 4. The largest absolute Gasteiger partial charge is 0.389 e. The molecule has 0 heterocycles. The van der Waals surface area contributed by atoms with E-state index in [1.807, 2.05) is 14.1 Å². The number of hydrogen-bond donors (Lipinski definition) is 2. The molecule has 0 amide bonds. The molecular formula is C13H21N3O2S2. The van der Waals surface area contributed by atoms with Gasteiger partial charge in [0.2, 0.25) is 10.0 Å². The molecule has 0 aliphatic heterocycles. The number of thiocarbonyl (C=S) groups is 1. The smallest absolute Gasteiger partial charge is 0.240 e. The Bertz CT molecular complexity index is 539. The molecule has 0 fully saturated rings. The summed E-state index contributed by atoms with van der Waals surface area (Å²) in [5, 5.41) is 0. The predicted molar refractivity (Wildman–Crippen MR) is 85.3 cm³/mol. The molecule has 0 radical (unpaired) electrons. The molecule has 0 saturated heterocycles. The number of nitrogens with one attached hydrogen (secondary N) is 1. The van der Waals surface area contributed by atoms with E-state index in [-0.39, 0.29) is 9.88 Å². The zero-order chi connectivity index (χ0) is 15.2. The van der Waals surface area contributed by atoms with E-state index in [2.05, 4.69) is 9.62 Å². The van der Waals surface area contributed by atoms with Crippen LogP contribution in [0.2, 0.25) is 0 Å². The number of nitrogens with two attached hydrogens (primary N) is 1. The molecule has 20 heavy (non-hydrogen) atoms. The fourth-order valence-corrected chi connectivity index (χ4v) is 2.85. The molecule has 0 saturated carbocycles. The van der Waals surface area contributed by atoms with Crippen molar-refractivity contribution in [2.45, 2.75) is 17.7 Å². The molecule has 7 heteroatoms. The van der Waals surface area contributed by atoms with Gasteiger partial charge >= 0.3 is 0 Å². The lowest BCUT2D eigenvalue weighted by atomic mass is 10.2. The van der Waals surface area contributed by atoms with Crippen molar-refractivity contribution in [3.63, 3.8) is 0 Å². The Morgan fingerprint density at radius 3 is 2.35 bits per heavy atom. The van der Waals surface area contributed by atoms with Crippen molar-refractivity contribution in [2.24, 2.45) is 5.73 Å². The van der Waals surface area contributed by atoms with Gasteiger partial charge in [-0.05, 0) is 45.6 Å². The molecule has 0 aromatic heterocycles. The first kappa shape index (κ1) is 17.0. The zero-order valence-electron chi connectivity index (χ0n) is 11.8. The quantitative estimate of drug-likeness (QED) is 0.552. The summed E-state index contributed by atoms with van der Waals surface area (Å²) in [6.45, 7) is 1.39. The summed E-state index contributed by atoms with van der Waals surface area (Å²) in [4.78, 5) is 2.55. The maximum Gasteiger partial charge on any atom is 0.240 e. The highest BCUT2D eigenvalue weighted by atomic mass is 32.2. The first-order valence-electron chi connectivity index (χ1n) is 6.37. The minimum absolute atomic E-state index is 0.227. The van der Waals surface area contributed by atoms with Crippen molar-refractivity contribution < 1.29 is 8.42 Å². The third-order valence-electron chi connectivity index (χ3n) is 2.77. The van der Waals surface area contributed by atoms with Gasteiger partial charge < -0.3 is 10.6 Å². The Balaban J connectivity index is 2.54. The number of unbranched alkanes of at least 4 members (excludes halogenated alkanes) is 1. The fraction of sp³-hybridized carbons (Fsp3) is 0.462. The van der Waals surface area contributed by atoms with E-state index < -0.39 is 10.0 Å². The van der Waals surface area contributed by atoms with Crippen LogP contribution in [-0.4, -0.2) is 45.5 Å². The molecule has 112 valence electrons. The van der Waals surface area contributed by atoms with Crippen LogP contribution in [0, 0.1) is 0 Å². The van der Waals surface area contributed by atoms with Gasteiger partial charge in [0.1, 0.15) is 4.99 Å². The first-order valence-corrected chi connectivity index (χ1v) is 8.26. The van der Waals surface area contributed by atoms with Crippen molar-refractivity contribution in [1.82, 2.24) is 9.62 Å². The van der Waals surface area contributed by atoms with Crippen LogP contribution < -0.4 is 10.5 Å². The lowest BCUT2D eigenvalue weighted by molar-refractivity contribution is 0.394. The highest BCUT2D eigenvalue weighted by Gasteiger charge is 2.13. The maximum atomic E-state index is 12.0. The summed E-state index contributed by atoms with van der Waals surface area (Å²) in [6.07, 6.45) is 1.76. The van der Waals surface area contributed by atoms with E-state index in [1.165, 1.54) is 12.1 Å². The Morgan fingerprint density at radius 2 is 1.85 bits per heavy atom. The first-order chi connectivity index (χ1) is 9.33. The number of nitrogens with zero attached hydrogens (tertiary/aromatic N) is 1. The summed E-state index contributed by atoms with van der Waals surface area (Å²) >= 11 is 4.83. The fourth-order valence-electron chi connectivity index (χ4n) is 1.64. The highest BCUT2D eigenvalue weighted by molar-refractivity contribution is 7.89. The minimum atomic E-state index is -3.45. The second-order valence-electron chi connectivity index (χ2n) is 4.80. The van der Waals surface area contributed by atoms with Gasteiger partial charge in [-0.1, -0.05) is 24.4 Å². The SMILES string of the molecule is CN(C)CCCCNS(=O)(=O)c1ccc(C(N)=S)cc1. The van der Waals surface area contributed by atoms with Gasteiger partial charge in [0.05, 0.1) is 4.90 Å². The van der Waals surface area contributed by atoms with E-state index in [9.17, 15) is 8.42 Å². The van der Waals surface area contributed by atoms with Crippen molar-refractivity contribution in [3.8, 4) is 0 Å². The summed E-state index contributed by atoms with van der Waals surface area (Å²) in [5.74, 6) is 0. The van der Waals surface area contributed by atoms with Crippen LogP contribution in [0.3, 0.4) is 0 Å². The van der Waals surface area contributed by atoms with E-state index in [4.69, 9.17) is 18.0 Å². The Labute approximate surface area is 126 Å². The summed E-state index contributed by atoms with van der Waals surface area (Å²) in [6, 6.07) is 6.25. The monoisotopic (exact) mass is 315 g/mol. The Morgan fingerprint density at radius 1 is 1.25 bits per heavy atom. The van der Waals surface area contributed by atoms with Crippen molar-refractivity contribution in [1.29, 1.82) is 0 Å². The van der Waals surface area contributed by atoms with Gasteiger partial charge in [-0.2, -0.15) is 0 Å². The summed E-state index contributed by atoms with van der Waals surface area (Å²) in [5.41, 5.74) is 6.13. The normalized spacial score (nSPS) is 11.8. The van der Waals surface area contributed by atoms with Gasteiger partial charge in [-0.25, -0.2) is 13.1 Å². The van der Waals surface area contributed by atoms with E-state index in [0.717, 1.165) is 19.4 Å². The van der Waals surface area contributed by atoms with Crippen LogP contribution in [0.15, 0.2) is 29.2 Å². The second-order valence-corrected chi connectivity index (χ2v) is 7.00. The van der Waals surface area contributed by atoms with Crippen LogP contribution in [0.1, 0.15) is 18.4 Å². The van der Waals surface area contributed by atoms with Crippen LogP contribution in [0.25, 0.3) is 0 Å². The van der Waals surface area contributed by atoms with Crippen LogP contribution in [-0.2, 0) is 10.0 Å². The van der Waals surface area contributed by atoms with Crippen LogP contribution >= 0.6 is 12.2 Å². The lowest BCUT2D eigenvalue weighted by Gasteiger charge is -2.10. The molecule has 0 spiro atoms. The number of sulfonamides is 1. The van der Waals surface area contributed by atoms with Crippen molar-refractivity contribution >= 4 is 27.2 Å². The lowest BCUT2D eigenvalue weighted by Crippen LogP contribution is -2.25. The Hall–Kier alpha value is -1.02. The summed E-state index contributed by atoms with van der Waals surface area (Å²) < 4.78 is 26.6. The zero-order valence-corrected chi connectivity index (χ0v) is 13.4. The maximum absolute atomic E-state index is 12.0. The van der Waals surface area contributed by atoms with Crippen LogP contribution in [0.4, 0.5) is 0 Å². The van der Waals surface area contributed by atoms with Gasteiger partial charge in [0.15, 0.2) is 0 Å². The molecule has 3 N–H and O–H groups in total. The molecule has 0 bridgehead atoms. The number of rotatable bonds is 8. The van der Waals surface area contributed by atoms with Crippen molar-refractivity contribution in [3.05, 3.63) is 29.8 Å². The molecule has 1 aromatic rings. The molecule has 0 unspecified atom stereocenters. The topological polar surface area (TPSA) is 75.4 Å². The summed E-state index contributed by atoms with van der Waals surface area (Å²) in [7, 11) is 0.536. The second kappa shape index (κ2) is 7.68. The average Bonchev–Trinajstić information content (AvgIpc) is 2.38. The van der Waals surface area contributed by atoms with Gasteiger partial charge in [0, 0.05) is 12.1 Å². The Kier molecular flexibility index (Phi) is 6.54. The molecule has 0 atom stereocenters. The molecule has 1 rings (SSSR count).